The molecule has 8 aromatic rings. The fraction of sp³-hybridized carbons (Fsp3) is 0.118. The first-order valence-corrected chi connectivity index (χ1v) is 37.9. The van der Waals surface area contributed by atoms with Gasteiger partial charge in [0.15, 0.2) is 0 Å². The second-order valence-corrected chi connectivity index (χ2v) is 33.2. The van der Waals surface area contributed by atoms with E-state index in [4.69, 9.17) is 18.4 Å². The summed E-state index contributed by atoms with van der Waals surface area (Å²) in [7, 11) is 0. The maximum atomic E-state index is 15.9. The summed E-state index contributed by atoms with van der Waals surface area (Å²) in [5.41, 5.74) is 4.89. The van der Waals surface area contributed by atoms with Gasteiger partial charge in [-0.1, -0.05) is 0 Å². The fourth-order valence-electron chi connectivity index (χ4n) is 9.86. The predicted octanol–water partition coefficient (Wildman–Crippen LogP) is 11.1. The molecule has 0 aromatic heterocycles. The van der Waals surface area contributed by atoms with Crippen molar-refractivity contribution in [1.29, 1.82) is 0 Å². The summed E-state index contributed by atoms with van der Waals surface area (Å²) in [6.07, 6.45) is -0.456. The number of carbonyl (C=O) groups is 6. The van der Waals surface area contributed by atoms with Crippen molar-refractivity contribution in [2.75, 3.05) is 0 Å². The van der Waals surface area contributed by atoms with E-state index >= 15 is 28.8 Å². The molecule has 2 aliphatic heterocycles. The second-order valence-electron chi connectivity index (χ2n) is 19.9. The Bertz CT molecular complexity index is 3300. The van der Waals surface area contributed by atoms with E-state index < -0.39 is 75.1 Å². The average molecular weight is 1300 g/mol. The van der Waals surface area contributed by atoms with Gasteiger partial charge in [-0.25, -0.2) is 0 Å². The van der Waals surface area contributed by atoms with Crippen LogP contribution in [0.15, 0.2) is 276 Å². The van der Waals surface area contributed by atoms with Gasteiger partial charge in [-0.2, -0.15) is 0 Å². The van der Waals surface area contributed by atoms with Crippen LogP contribution < -0.4 is 0 Å². The molecule has 0 unspecified atom stereocenters. The number of rotatable bonds is 20. The molecule has 14 heteroatoms. The summed E-state index contributed by atoms with van der Waals surface area (Å²) in [6, 6.07) is 72.1. The third-order valence-electron chi connectivity index (χ3n) is 13.9. The quantitative estimate of drug-likeness (QED) is 0.0526. The fourth-order valence-corrected chi connectivity index (χ4v) is 23.0. The Morgan fingerprint density at radius 3 is 0.695 bits per heavy atom. The van der Waals surface area contributed by atoms with Crippen LogP contribution in [-0.4, -0.2) is 75.1 Å². The first kappa shape index (κ1) is 56.7. The Morgan fingerprint density at radius 2 is 0.476 bits per heavy atom. The van der Waals surface area contributed by atoms with E-state index in [9.17, 15) is 0 Å². The van der Waals surface area contributed by atoms with Gasteiger partial charge in [-0.05, 0) is 0 Å². The molecule has 0 atom stereocenters. The standard InChI is InChI=1S/3C18H16O4.2C7H7.2Sn/c3*19-17(20)15(11-13-7-3-1-4-8-13)16(18(21)22)12-14-9-5-2-6-10-14;2*1-7-5-3-2-4-6-7;;/h3*1-10H,11-12H2,(H,19,20)(H,21,22);2*2-6H,1H2;;/q;;;;;2*+3/p-6/b16-15-;;;;;;. The maximum absolute atomic E-state index is 15.9. The SMILES string of the molecule is O=C1[O][Sn]([CH2]c2ccccc2)([O]C(=O)/C(Cc2ccccc2)=C(/Cc2ccccc2)C(=O)[O][Sn]2([CH2]c3ccccc3)[O]C(=O)C(Cc3ccccc3)=C(Cc3ccccc3)C(=O)[O]2)[O]C(=O)C(Cc2ccccc2)=C1Cc1ccccc1. The van der Waals surface area contributed by atoms with Crippen LogP contribution in [0, 0.1) is 0 Å². The van der Waals surface area contributed by atoms with E-state index in [-0.39, 0.29) is 80.8 Å². The van der Waals surface area contributed by atoms with Crippen LogP contribution in [0.25, 0.3) is 0 Å². The summed E-state index contributed by atoms with van der Waals surface area (Å²) >= 11 is -12.2. The van der Waals surface area contributed by atoms with Crippen LogP contribution >= 0.6 is 0 Å². The zero-order chi connectivity index (χ0) is 56.7. The van der Waals surface area contributed by atoms with Crippen LogP contribution in [-0.2, 0) is 94.6 Å². The molecule has 0 aliphatic carbocycles. The van der Waals surface area contributed by atoms with Gasteiger partial charge in [0.25, 0.3) is 0 Å². The molecule has 0 spiro atoms. The molecule has 0 amide bonds. The third-order valence-corrected chi connectivity index (χ3v) is 27.2. The Balaban J connectivity index is 1.09. The molecule has 0 radical (unpaired) electrons. The van der Waals surface area contributed by atoms with Crippen molar-refractivity contribution in [2.45, 2.75) is 47.4 Å². The van der Waals surface area contributed by atoms with Crippen molar-refractivity contribution in [1.82, 2.24) is 0 Å². The molecular formula is C68H56O12Sn2. The molecule has 12 nitrogen and oxygen atoms in total. The predicted molar refractivity (Wildman–Crippen MR) is 310 cm³/mol. The van der Waals surface area contributed by atoms with Crippen molar-refractivity contribution < 1.29 is 47.2 Å². The van der Waals surface area contributed by atoms with Crippen molar-refractivity contribution in [3.8, 4) is 0 Å². The number of hydrogen-bond acceptors (Lipinski definition) is 12. The van der Waals surface area contributed by atoms with Crippen molar-refractivity contribution in [3.05, 3.63) is 321 Å². The molecule has 0 bridgehead atoms. The first-order valence-electron chi connectivity index (χ1n) is 26.9. The molecule has 2 aliphatic rings. The van der Waals surface area contributed by atoms with E-state index in [0.717, 1.165) is 22.3 Å². The molecular weight excluding hydrogens is 1250 g/mol. The normalized spacial score (nSPS) is 15.1. The van der Waals surface area contributed by atoms with Crippen LogP contribution in [0.1, 0.15) is 44.5 Å². The summed E-state index contributed by atoms with van der Waals surface area (Å²) in [4.78, 5) is 91.8. The molecule has 8 aromatic carbocycles. The van der Waals surface area contributed by atoms with E-state index in [1.807, 2.05) is 121 Å². The monoisotopic (exact) mass is 1300 g/mol. The molecule has 2 heterocycles. The Hall–Kier alpha value is -8.60. The van der Waals surface area contributed by atoms with Gasteiger partial charge < -0.3 is 0 Å². The van der Waals surface area contributed by atoms with E-state index in [1.165, 1.54) is 0 Å². The van der Waals surface area contributed by atoms with Gasteiger partial charge in [-0.15, -0.1) is 0 Å². The average Bonchev–Trinajstić information content (AvgIpc) is 3.73. The summed E-state index contributed by atoms with van der Waals surface area (Å²) in [6.45, 7) is 0. The zero-order valence-corrected chi connectivity index (χ0v) is 50.4. The van der Waals surface area contributed by atoms with Gasteiger partial charge in [0, 0.05) is 0 Å². The Morgan fingerprint density at radius 1 is 0.280 bits per heavy atom. The molecule has 0 fully saturated rings. The Kier molecular flexibility index (Phi) is 18.5. The molecule has 0 saturated carbocycles. The number of carbonyl (C=O) groups excluding carboxylic acids is 6. The molecule has 408 valence electrons. The molecule has 0 saturated heterocycles. The summed E-state index contributed by atoms with van der Waals surface area (Å²) in [5, 5.41) is 0. The molecule has 82 heavy (non-hydrogen) atoms. The van der Waals surface area contributed by atoms with Crippen molar-refractivity contribution >= 4 is 75.1 Å². The van der Waals surface area contributed by atoms with Gasteiger partial charge in [0.1, 0.15) is 0 Å². The Labute approximate surface area is 486 Å². The second kappa shape index (κ2) is 26.8. The summed E-state index contributed by atoms with van der Waals surface area (Å²) in [5.74, 6) is -5.74. The van der Waals surface area contributed by atoms with Crippen molar-refractivity contribution in [2.24, 2.45) is 0 Å². The van der Waals surface area contributed by atoms with Gasteiger partial charge in [0.05, 0.1) is 0 Å². The van der Waals surface area contributed by atoms with Crippen LogP contribution in [0.3, 0.4) is 0 Å². The van der Waals surface area contributed by atoms with Gasteiger partial charge >= 0.3 is 490 Å². The van der Waals surface area contributed by atoms with Crippen LogP contribution in [0.2, 0.25) is 0 Å². The van der Waals surface area contributed by atoms with E-state index in [0.29, 0.717) is 22.3 Å². The van der Waals surface area contributed by atoms with Gasteiger partial charge in [-0.3, -0.25) is 0 Å². The molecule has 0 N–H and O–H groups in total. The van der Waals surface area contributed by atoms with E-state index in [1.54, 1.807) is 121 Å². The number of benzene rings is 8. The first-order chi connectivity index (χ1) is 40.0. The third kappa shape index (κ3) is 14.7. The van der Waals surface area contributed by atoms with E-state index in [2.05, 4.69) is 0 Å². The topological polar surface area (TPSA) is 158 Å². The van der Waals surface area contributed by atoms with Crippen LogP contribution in [0.5, 0.6) is 0 Å². The van der Waals surface area contributed by atoms with Gasteiger partial charge in [0.2, 0.25) is 0 Å². The minimum atomic E-state index is -6.08. The molecule has 10 rings (SSSR count). The minimum absolute atomic E-state index is 0.00712. The summed E-state index contributed by atoms with van der Waals surface area (Å²) < 4.78 is 38.7. The zero-order valence-electron chi connectivity index (χ0n) is 44.6. The van der Waals surface area contributed by atoms with Crippen LogP contribution in [0.4, 0.5) is 0 Å². The number of hydrogen-bond donors (Lipinski definition) is 0. The van der Waals surface area contributed by atoms with Crippen molar-refractivity contribution in [3.63, 3.8) is 0 Å².